The molecule has 0 radical (unpaired) electrons. The molecule has 0 aromatic heterocycles. The third-order valence-electron chi connectivity index (χ3n) is 2.42. The number of aromatic hydroxyl groups is 1. The zero-order chi connectivity index (χ0) is 14.1. The smallest absolute Gasteiger partial charge is 0.345 e. The van der Waals surface area contributed by atoms with Crippen molar-refractivity contribution in [2.24, 2.45) is 0 Å². The molecular weight excluding hydrogens is 282 g/mol. The van der Waals surface area contributed by atoms with Crippen LogP contribution in [0.25, 0.3) is 0 Å². The first-order chi connectivity index (χ1) is 8.07. The molecule has 9 heteroatoms. The monoisotopic (exact) mass is 296 g/mol. The maximum Gasteiger partial charge on any atom is 0.345 e. The number of rotatable bonds is 4. The molecule has 102 valence electrons. The van der Waals surface area contributed by atoms with E-state index >= 15 is 0 Å². The van der Waals surface area contributed by atoms with Gasteiger partial charge in [0.25, 0.3) is 0 Å². The Morgan fingerprint density at radius 1 is 1.11 bits per heavy atom. The van der Waals surface area contributed by atoms with E-state index < -0.39 is 31.9 Å². The van der Waals surface area contributed by atoms with Crippen LogP contribution in [0.15, 0.2) is 18.2 Å². The van der Waals surface area contributed by atoms with Crippen LogP contribution in [0.5, 0.6) is 5.75 Å². The molecule has 0 saturated carbocycles. The van der Waals surface area contributed by atoms with Crippen LogP contribution in [0.3, 0.4) is 0 Å². The van der Waals surface area contributed by atoms with Crippen molar-refractivity contribution in [3.05, 3.63) is 29.3 Å². The van der Waals surface area contributed by atoms with Gasteiger partial charge < -0.3 is 24.7 Å². The third kappa shape index (κ3) is 3.42. The maximum atomic E-state index is 11.2. The number of hydrogen-bond acceptors (Lipinski definition) is 3. The second-order valence-corrected chi connectivity index (χ2v) is 7.60. The zero-order valence-electron chi connectivity index (χ0n) is 9.46. The molecule has 5 N–H and O–H groups in total. The minimum atomic E-state index is -5.09. The Kier molecular flexibility index (Phi) is 4.38. The van der Waals surface area contributed by atoms with Gasteiger partial charge in [-0.3, -0.25) is 9.13 Å². The van der Waals surface area contributed by atoms with Gasteiger partial charge in [0, 0.05) is 5.56 Å². The van der Waals surface area contributed by atoms with Crippen LogP contribution in [-0.4, -0.2) is 24.7 Å². The van der Waals surface area contributed by atoms with Gasteiger partial charge in [-0.1, -0.05) is 19.1 Å². The van der Waals surface area contributed by atoms with Crippen LogP contribution >= 0.6 is 15.2 Å². The van der Waals surface area contributed by atoms with E-state index in [1.54, 1.807) is 6.92 Å². The summed E-state index contributed by atoms with van der Waals surface area (Å²) in [5.41, 5.74) is 0.236. The largest absolute Gasteiger partial charge is 0.508 e. The topological polar surface area (TPSA) is 135 Å². The summed E-state index contributed by atoms with van der Waals surface area (Å²) in [4.78, 5) is 36.1. The van der Waals surface area contributed by atoms with Gasteiger partial charge in [-0.15, -0.1) is 0 Å². The number of aryl methyl sites for hydroxylation is 1. The molecular formula is C9H14O7P2. The van der Waals surface area contributed by atoms with Crippen molar-refractivity contribution in [1.82, 2.24) is 0 Å². The second-order valence-electron chi connectivity index (χ2n) is 3.80. The lowest BCUT2D eigenvalue weighted by Crippen LogP contribution is -2.02. The molecule has 0 aliphatic rings. The summed E-state index contributed by atoms with van der Waals surface area (Å²) in [5, 5.41) is 7.30. The van der Waals surface area contributed by atoms with Gasteiger partial charge >= 0.3 is 15.2 Å². The van der Waals surface area contributed by atoms with Crippen LogP contribution in [-0.2, 0) is 15.6 Å². The molecule has 0 aliphatic heterocycles. The summed E-state index contributed by atoms with van der Waals surface area (Å²) in [6, 6.07) is 3.80. The van der Waals surface area contributed by atoms with Crippen molar-refractivity contribution in [2.45, 2.75) is 18.7 Å². The fourth-order valence-corrected chi connectivity index (χ4v) is 4.31. The first kappa shape index (κ1) is 15.4. The Morgan fingerprint density at radius 2 is 1.61 bits per heavy atom. The normalized spacial score (nSPS) is 13.0. The van der Waals surface area contributed by atoms with Crippen molar-refractivity contribution in [2.75, 3.05) is 0 Å². The summed E-state index contributed by atoms with van der Waals surface area (Å²) < 4.78 is 22.4. The molecule has 0 amide bonds. The molecule has 0 spiro atoms. The van der Waals surface area contributed by atoms with E-state index in [0.29, 0.717) is 12.0 Å². The van der Waals surface area contributed by atoms with E-state index in [9.17, 15) is 14.2 Å². The zero-order valence-corrected chi connectivity index (χ0v) is 11.3. The lowest BCUT2D eigenvalue weighted by molar-refractivity contribution is 0.337. The van der Waals surface area contributed by atoms with Crippen molar-refractivity contribution in [3.8, 4) is 5.75 Å². The Balaban J connectivity index is 3.41. The minimum absolute atomic E-state index is 0.450. The van der Waals surface area contributed by atoms with Crippen LogP contribution in [0.2, 0.25) is 0 Å². The maximum absolute atomic E-state index is 11.2. The molecule has 1 aromatic rings. The van der Waals surface area contributed by atoms with Crippen molar-refractivity contribution in [3.63, 3.8) is 0 Å². The standard InChI is InChI=1S/C9H14O7P2/c1-2-6-3-4-7(8(10)5-6)9(17(11,12)13)18(14,15)16/h3-5,9-10H,2H2,1H3,(H2,11,12,13)(H2,14,15,16). The first-order valence-corrected chi connectivity index (χ1v) is 8.36. The predicted molar refractivity (Wildman–Crippen MR) is 64.3 cm³/mol. The number of phenols is 1. The Hall–Kier alpha value is -0.680. The molecule has 0 unspecified atom stereocenters. The fraction of sp³-hybridized carbons (Fsp3) is 0.333. The van der Waals surface area contributed by atoms with Crippen LogP contribution < -0.4 is 0 Å². The van der Waals surface area contributed by atoms with Crippen molar-refractivity contribution < 1.29 is 33.8 Å². The lowest BCUT2D eigenvalue weighted by atomic mass is 10.1. The molecule has 7 nitrogen and oxygen atoms in total. The van der Waals surface area contributed by atoms with E-state index in [1.807, 2.05) is 0 Å². The summed E-state index contributed by atoms with van der Waals surface area (Å²) >= 11 is 0. The highest BCUT2D eigenvalue weighted by atomic mass is 31.2. The molecule has 1 rings (SSSR count). The van der Waals surface area contributed by atoms with Crippen LogP contribution in [0.4, 0.5) is 0 Å². The van der Waals surface area contributed by atoms with Crippen LogP contribution in [0, 0.1) is 0 Å². The van der Waals surface area contributed by atoms with Gasteiger partial charge in [0.05, 0.1) is 0 Å². The van der Waals surface area contributed by atoms with E-state index in [0.717, 1.165) is 6.07 Å². The van der Waals surface area contributed by atoms with Gasteiger partial charge in [0.2, 0.25) is 0 Å². The third-order valence-corrected chi connectivity index (χ3v) is 6.05. The quantitative estimate of drug-likeness (QED) is 0.528. The highest BCUT2D eigenvalue weighted by molar-refractivity contribution is 7.70. The molecule has 0 aliphatic carbocycles. The average Bonchev–Trinajstić information content (AvgIpc) is 2.16. The predicted octanol–water partition coefficient (Wildman–Crippen LogP) is 1.31. The van der Waals surface area contributed by atoms with Crippen molar-refractivity contribution in [1.29, 1.82) is 0 Å². The fourth-order valence-electron chi connectivity index (χ4n) is 1.59. The summed E-state index contributed by atoms with van der Waals surface area (Å²) in [6.45, 7) is 1.80. The van der Waals surface area contributed by atoms with E-state index in [1.165, 1.54) is 12.1 Å². The molecule has 0 heterocycles. The number of benzene rings is 1. The van der Waals surface area contributed by atoms with Gasteiger partial charge in [0.15, 0.2) is 5.40 Å². The summed E-state index contributed by atoms with van der Waals surface area (Å²) in [6.07, 6.45) is 0.574. The SMILES string of the molecule is CCc1ccc(C(P(=O)(O)O)P(=O)(O)O)c(O)c1. The lowest BCUT2D eigenvalue weighted by Gasteiger charge is -2.21. The molecule has 0 fully saturated rings. The molecule has 1 aromatic carbocycles. The van der Waals surface area contributed by atoms with Gasteiger partial charge in [-0.05, 0) is 18.1 Å². The molecule has 18 heavy (non-hydrogen) atoms. The Labute approximate surface area is 103 Å². The minimum Gasteiger partial charge on any atom is -0.508 e. The number of phenolic OH excluding ortho intramolecular Hbond substituents is 1. The van der Waals surface area contributed by atoms with Gasteiger partial charge in [-0.25, -0.2) is 0 Å². The average molecular weight is 296 g/mol. The number of hydrogen-bond donors (Lipinski definition) is 5. The highest BCUT2D eigenvalue weighted by Gasteiger charge is 2.46. The summed E-state index contributed by atoms with van der Waals surface area (Å²) in [5.74, 6) is -0.536. The van der Waals surface area contributed by atoms with E-state index in [4.69, 9.17) is 19.6 Å². The van der Waals surface area contributed by atoms with E-state index in [-0.39, 0.29) is 0 Å². The molecule has 0 bridgehead atoms. The second kappa shape index (κ2) is 5.13. The first-order valence-electron chi connectivity index (χ1n) is 4.99. The molecule has 0 saturated heterocycles. The van der Waals surface area contributed by atoms with Crippen LogP contribution in [0.1, 0.15) is 23.5 Å². The van der Waals surface area contributed by atoms with Gasteiger partial charge in [-0.2, -0.15) is 0 Å². The Morgan fingerprint density at radius 3 is 1.94 bits per heavy atom. The van der Waals surface area contributed by atoms with Gasteiger partial charge in [0.1, 0.15) is 5.75 Å². The Bertz CT molecular complexity index is 508. The summed E-state index contributed by atoms with van der Waals surface area (Å²) in [7, 11) is -10.2. The molecule has 0 atom stereocenters. The van der Waals surface area contributed by atoms with Crippen molar-refractivity contribution >= 4 is 15.2 Å². The highest BCUT2D eigenvalue weighted by Crippen LogP contribution is 2.70. The van der Waals surface area contributed by atoms with E-state index in [2.05, 4.69) is 0 Å².